The number of imidazole rings is 1. The van der Waals surface area contributed by atoms with Crippen LogP contribution in [0, 0.1) is 5.82 Å². The van der Waals surface area contributed by atoms with Crippen molar-refractivity contribution in [2.45, 2.75) is 0 Å². The van der Waals surface area contributed by atoms with Gasteiger partial charge in [-0.2, -0.15) is 0 Å². The third kappa shape index (κ3) is 4.39. The standard InChI is InChI=1S/C22H18ClFN4O3/c1-30-19-7-4-13(9-17(19)25)18-11-28-8-2-3-20(22(28)27-18)31-12-21(29)26-14-5-6-16(24)15(23)10-14/h2-11H,12,25H2,1H3,(H,26,29). The van der Waals surface area contributed by atoms with E-state index in [9.17, 15) is 9.18 Å². The van der Waals surface area contributed by atoms with Crippen LogP contribution in [-0.2, 0) is 4.79 Å². The predicted molar refractivity (Wildman–Crippen MR) is 117 cm³/mol. The molecule has 0 aliphatic carbocycles. The largest absolute Gasteiger partial charge is 0.495 e. The molecule has 2 aromatic carbocycles. The Hall–Kier alpha value is -3.78. The van der Waals surface area contributed by atoms with Crippen LogP contribution in [0.25, 0.3) is 16.9 Å². The van der Waals surface area contributed by atoms with Crippen LogP contribution in [0.5, 0.6) is 11.5 Å². The second-order valence-corrected chi connectivity index (χ2v) is 7.06. The summed E-state index contributed by atoms with van der Waals surface area (Å²) in [7, 11) is 1.56. The highest BCUT2D eigenvalue weighted by Crippen LogP contribution is 2.29. The molecule has 0 aliphatic rings. The first-order valence-electron chi connectivity index (χ1n) is 9.24. The number of rotatable bonds is 6. The smallest absolute Gasteiger partial charge is 0.262 e. The second kappa shape index (κ2) is 8.53. The Kier molecular flexibility index (Phi) is 5.64. The van der Waals surface area contributed by atoms with Gasteiger partial charge in [-0.05, 0) is 48.5 Å². The van der Waals surface area contributed by atoms with Crippen LogP contribution in [0.2, 0.25) is 5.02 Å². The van der Waals surface area contributed by atoms with E-state index in [1.807, 2.05) is 18.5 Å². The molecule has 0 bridgehead atoms. The molecule has 0 fully saturated rings. The van der Waals surface area contributed by atoms with Gasteiger partial charge < -0.3 is 24.9 Å². The number of nitrogens with zero attached hydrogens (tertiary/aromatic N) is 2. The predicted octanol–water partition coefficient (Wildman–Crippen LogP) is 4.40. The molecule has 7 nitrogen and oxygen atoms in total. The van der Waals surface area contributed by atoms with Gasteiger partial charge in [-0.25, -0.2) is 9.37 Å². The molecule has 158 valence electrons. The fourth-order valence-electron chi connectivity index (χ4n) is 3.05. The molecule has 0 saturated carbocycles. The number of halogens is 2. The Morgan fingerprint density at radius 2 is 2.06 bits per heavy atom. The van der Waals surface area contributed by atoms with E-state index in [1.165, 1.54) is 18.2 Å². The lowest BCUT2D eigenvalue weighted by atomic mass is 10.1. The van der Waals surface area contributed by atoms with E-state index in [2.05, 4.69) is 10.3 Å². The van der Waals surface area contributed by atoms with Crippen LogP contribution >= 0.6 is 11.6 Å². The molecule has 0 unspecified atom stereocenters. The summed E-state index contributed by atoms with van der Waals surface area (Å²) in [6, 6.07) is 12.8. The first-order valence-corrected chi connectivity index (χ1v) is 9.61. The van der Waals surface area contributed by atoms with E-state index in [4.69, 9.17) is 26.8 Å². The lowest BCUT2D eigenvalue weighted by Crippen LogP contribution is -2.20. The lowest BCUT2D eigenvalue weighted by Gasteiger charge is -2.08. The normalized spacial score (nSPS) is 10.8. The molecule has 31 heavy (non-hydrogen) atoms. The highest BCUT2D eigenvalue weighted by Gasteiger charge is 2.12. The number of nitrogens with two attached hydrogens (primary N) is 1. The molecular formula is C22H18ClFN4O3. The molecule has 2 heterocycles. The molecular weight excluding hydrogens is 423 g/mol. The number of pyridine rings is 1. The van der Waals surface area contributed by atoms with Gasteiger partial charge in [-0.15, -0.1) is 0 Å². The first kappa shape index (κ1) is 20.5. The van der Waals surface area contributed by atoms with E-state index < -0.39 is 11.7 Å². The number of carbonyl (C=O) groups is 1. The van der Waals surface area contributed by atoms with E-state index >= 15 is 0 Å². The Morgan fingerprint density at radius 3 is 2.81 bits per heavy atom. The SMILES string of the molecule is COc1ccc(-c2cn3cccc(OCC(=O)Nc4ccc(F)c(Cl)c4)c3n2)cc1N. The molecule has 0 radical (unpaired) electrons. The van der Waals surface area contributed by atoms with Crippen LogP contribution in [0.4, 0.5) is 15.8 Å². The molecule has 9 heteroatoms. The van der Waals surface area contributed by atoms with Crippen molar-refractivity contribution in [3.05, 3.63) is 71.8 Å². The summed E-state index contributed by atoms with van der Waals surface area (Å²) in [4.78, 5) is 16.8. The third-order valence-corrected chi connectivity index (χ3v) is 4.82. The fraction of sp³-hybridized carbons (Fsp3) is 0.0909. The number of nitrogens with one attached hydrogen (secondary N) is 1. The van der Waals surface area contributed by atoms with Crippen molar-refractivity contribution in [2.24, 2.45) is 0 Å². The average molecular weight is 441 g/mol. The Labute approximate surface area is 182 Å². The summed E-state index contributed by atoms with van der Waals surface area (Å²) in [5, 5.41) is 2.53. The van der Waals surface area contributed by atoms with Crippen LogP contribution < -0.4 is 20.5 Å². The molecule has 2 aromatic heterocycles. The van der Waals surface area contributed by atoms with Gasteiger partial charge in [0.05, 0.1) is 23.5 Å². The van der Waals surface area contributed by atoms with Crippen LogP contribution in [0.3, 0.4) is 0 Å². The molecule has 0 aliphatic heterocycles. The molecule has 0 saturated heterocycles. The van der Waals surface area contributed by atoms with Gasteiger partial charge in [0, 0.05) is 23.6 Å². The highest BCUT2D eigenvalue weighted by atomic mass is 35.5. The quantitative estimate of drug-likeness (QED) is 0.433. The van der Waals surface area contributed by atoms with Gasteiger partial charge >= 0.3 is 0 Å². The number of nitrogen functional groups attached to an aromatic ring is 1. The molecule has 0 spiro atoms. The zero-order valence-corrected chi connectivity index (χ0v) is 17.2. The number of hydrogen-bond donors (Lipinski definition) is 2. The number of anilines is 2. The summed E-state index contributed by atoms with van der Waals surface area (Å²) in [6.45, 7) is -0.258. The van der Waals surface area contributed by atoms with Gasteiger partial charge in [0.2, 0.25) is 0 Å². The number of hydrogen-bond acceptors (Lipinski definition) is 5. The van der Waals surface area contributed by atoms with Gasteiger partial charge in [0.25, 0.3) is 5.91 Å². The Balaban J connectivity index is 1.51. The molecule has 0 atom stereocenters. The number of fused-ring (bicyclic) bond motifs is 1. The number of ether oxygens (including phenoxy) is 2. The maximum atomic E-state index is 13.2. The first-order chi connectivity index (χ1) is 14.9. The third-order valence-electron chi connectivity index (χ3n) is 4.53. The average Bonchev–Trinajstić information content (AvgIpc) is 3.20. The minimum Gasteiger partial charge on any atom is -0.495 e. The lowest BCUT2D eigenvalue weighted by molar-refractivity contribution is -0.118. The maximum absolute atomic E-state index is 13.2. The Bertz CT molecular complexity index is 1280. The van der Waals surface area contributed by atoms with Gasteiger partial charge in [-0.3, -0.25) is 4.79 Å². The molecule has 3 N–H and O–H groups in total. The summed E-state index contributed by atoms with van der Waals surface area (Å²) in [6.07, 6.45) is 3.66. The maximum Gasteiger partial charge on any atom is 0.262 e. The number of carbonyl (C=O) groups excluding carboxylic acids is 1. The van der Waals surface area contributed by atoms with E-state index in [-0.39, 0.29) is 11.6 Å². The fourth-order valence-corrected chi connectivity index (χ4v) is 3.23. The Morgan fingerprint density at radius 1 is 1.23 bits per heavy atom. The minimum absolute atomic E-state index is 0.0763. The van der Waals surface area contributed by atoms with E-state index in [0.717, 1.165) is 5.56 Å². The van der Waals surface area contributed by atoms with Crippen molar-refractivity contribution in [1.82, 2.24) is 9.38 Å². The van der Waals surface area contributed by atoms with Gasteiger partial charge in [0.15, 0.2) is 18.0 Å². The number of amides is 1. The van der Waals surface area contributed by atoms with Crippen molar-refractivity contribution < 1.29 is 18.7 Å². The van der Waals surface area contributed by atoms with Crippen molar-refractivity contribution in [3.63, 3.8) is 0 Å². The van der Waals surface area contributed by atoms with Gasteiger partial charge in [0.1, 0.15) is 11.6 Å². The summed E-state index contributed by atoms with van der Waals surface area (Å²) in [5.74, 6) is 0.0446. The molecule has 1 amide bonds. The van der Waals surface area contributed by atoms with Crippen LogP contribution in [-0.4, -0.2) is 29.0 Å². The second-order valence-electron chi connectivity index (χ2n) is 6.65. The van der Waals surface area contributed by atoms with Crippen LogP contribution in [0.1, 0.15) is 0 Å². The van der Waals surface area contributed by atoms with Crippen molar-refractivity contribution in [1.29, 1.82) is 0 Å². The number of methoxy groups -OCH3 is 1. The van der Waals surface area contributed by atoms with E-state index in [1.54, 1.807) is 35.8 Å². The van der Waals surface area contributed by atoms with Crippen molar-refractivity contribution in [2.75, 3.05) is 24.8 Å². The summed E-state index contributed by atoms with van der Waals surface area (Å²) < 4.78 is 25.9. The van der Waals surface area contributed by atoms with Crippen molar-refractivity contribution in [3.8, 4) is 22.8 Å². The zero-order valence-electron chi connectivity index (χ0n) is 16.4. The topological polar surface area (TPSA) is 90.9 Å². The number of aromatic nitrogens is 2. The highest BCUT2D eigenvalue weighted by molar-refractivity contribution is 6.31. The number of benzene rings is 2. The molecule has 4 rings (SSSR count). The zero-order chi connectivity index (χ0) is 22.0. The summed E-state index contributed by atoms with van der Waals surface area (Å²) in [5.41, 5.74) is 8.93. The monoisotopic (exact) mass is 440 g/mol. The summed E-state index contributed by atoms with van der Waals surface area (Å²) >= 11 is 5.73. The van der Waals surface area contributed by atoms with Gasteiger partial charge in [-0.1, -0.05) is 11.6 Å². The molecule has 4 aromatic rings. The minimum atomic E-state index is -0.559. The van der Waals surface area contributed by atoms with Crippen molar-refractivity contribution >= 4 is 34.5 Å². The van der Waals surface area contributed by atoms with E-state index in [0.29, 0.717) is 34.2 Å². The van der Waals surface area contributed by atoms with Crippen LogP contribution in [0.15, 0.2) is 60.9 Å².